The molecule has 1 aromatic carbocycles. The number of nitrogens with one attached hydrogen (secondary N) is 1. The van der Waals surface area contributed by atoms with E-state index in [0.717, 1.165) is 30.2 Å². The molecule has 1 aromatic heterocycles. The Morgan fingerprint density at radius 1 is 1.30 bits per heavy atom. The van der Waals surface area contributed by atoms with Crippen molar-refractivity contribution in [2.75, 3.05) is 6.54 Å². The molecule has 2 unspecified atom stereocenters. The Kier molecular flexibility index (Phi) is 3.65. The van der Waals surface area contributed by atoms with Gasteiger partial charge in [-0.15, -0.1) is 0 Å². The molecule has 0 radical (unpaired) electrons. The third-order valence-corrected chi connectivity index (χ3v) is 3.96. The number of hydrogen-bond donors (Lipinski definition) is 2. The lowest BCUT2D eigenvalue weighted by atomic mass is 10.1. The molecule has 20 heavy (non-hydrogen) atoms. The van der Waals surface area contributed by atoms with Crippen molar-refractivity contribution in [1.82, 2.24) is 10.3 Å². The Morgan fingerprint density at radius 3 is 2.95 bits per heavy atom. The van der Waals surface area contributed by atoms with Crippen LogP contribution >= 0.6 is 0 Å². The van der Waals surface area contributed by atoms with Gasteiger partial charge in [-0.05, 0) is 37.3 Å². The number of hydrogen-bond acceptors (Lipinski definition) is 3. The molecule has 0 saturated heterocycles. The number of aliphatic hydroxyl groups is 1. The molecule has 1 fully saturated rings. The SMILES string of the molecule is O=C(NCC1CCC(O)C1)c1ccnc2ccccc12. The molecule has 2 N–H and O–H groups in total. The fourth-order valence-corrected chi connectivity index (χ4v) is 2.86. The summed E-state index contributed by atoms with van der Waals surface area (Å²) in [6.45, 7) is 0.631. The summed E-state index contributed by atoms with van der Waals surface area (Å²) in [6, 6.07) is 9.39. The summed E-state index contributed by atoms with van der Waals surface area (Å²) < 4.78 is 0. The zero-order chi connectivity index (χ0) is 13.9. The lowest BCUT2D eigenvalue weighted by Crippen LogP contribution is -2.28. The minimum Gasteiger partial charge on any atom is -0.393 e. The number of carbonyl (C=O) groups is 1. The van der Waals surface area contributed by atoms with Gasteiger partial charge < -0.3 is 10.4 Å². The first-order valence-electron chi connectivity index (χ1n) is 7.04. The first-order valence-corrected chi connectivity index (χ1v) is 7.04. The predicted octanol–water partition coefficient (Wildman–Crippen LogP) is 2.13. The van der Waals surface area contributed by atoms with E-state index in [2.05, 4.69) is 10.3 Å². The van der Waals surface area contributed by atoms with Gasteiger partial charge in [-0.2, -0.15) is 0 Å². The van der Waals surface area contributed by atoms with Crippen LogP contribution in [0.4, 0.5) is 0 Å². The lowest BCUT2D eigenvalue weighted by Gasteiger charge is -2.12. The molecule has 0 spiro atoms. The third kappa shape index (κ3) is 2.65. The van der Waals surface area contributed by atoms with Crippen molar-refractivity contribution in [3.8, 4) is 0 Å². The van der Waals surface area contributed by atoms with Crippen molar-refractivity contribution in [3.05, 3.63) is 42.1 Å². The maximum Gasteiger partial charge on any atom is 0.252 e. The molecule has 2 atom stereocenters. The van der Waals surface area contributed by atoms with Crippen LogP contribution in [-0.2, 0) is 0 Å². The van der Waals surface area contributed by atoms with Crippen molar-refractivity contribution < 1.29 is 9.90 Å². The van der Waals surface area contributed by atoms with Gasteiger partial charge in [0.05, 0.1) is 17.2 Å². The molecule has 1 amide bonds. The van der Waals surface area contributed by atoms with E-state index < -0.39 is 0 Å². The largest absolute Gasteiger partial charge is 0.393 e. The minimum atomic E-state index is -0.196. The molecule has 4 heteroatoms. The molecule has 3 rings (SSSR count). The predicted molar refractivity (Wildman–Crippen MR) is 77.4 cm³/mol. The molecule has 104 valence electrons. The Morgan fingerprint density at radius 2 is 2.15 bits per heavy atom. The molecular weight excluding hydrogens is 252 g/mol. The molecular formula is C16H18N2O2. The number of aliphatic hydroxyl groups excluding tert-OH is 1. The third-order valence-electron chi connectivity index (χ3n) is 3.96. The Balaban J connectivity index is 1.72. The van der Waals surface area contributed by atoms with E-state index in [1.165, 1.54) is 0 Å². The van der Waals surface area contributed by atoms with Crippen LogP contribution in [0.25, 0.3) is 10.9 Å². The summed E-state index contributed by atoms with van der Waals surface area (Å²) in [6.07, 6.45) is 4.09. The van der Waals surface area contributed by atoms with Crippen molar-refractivity contribution in [2.24, 2.45) is 5.92 Å². The van der Waals surface area contributed by atoms with E-state index in [-0.39, 0.29) is 12.0 Å². The van der Waals surface area contributed by atoms with E-state index in [0.29, 0.717) is 18.0 Å². The van der Waals surface area contributed by atoms with Crippen LogP contribution in [0.15, 0.2) is 36.5 Å². The Labute approximate surface area is 117 Å². The van der Waals surface area contributed by atoms with Crippen LogP contribution in [-0.4, -0.2) is 28.6 Å². The number of benzene rings is 1. The van der Waals surface area contributed by atoms with Gasteiger partial charge in [0.15, 0.2) is 0 Å². The number of amides is 1. The zero-order valence-corrected chi connectivity index (χ0v) is 11.2. The van der Waals surface area contributed by atoms with Crippen LogP contribution in [0.3, 0.4) is 0 Å². The number of pyridine rings is 1. The quantitative estimate of drug-likeness (QED) is 0.898. The maximum absolute atomic E-state index is 12.3. The minimum absolute atomic E-state index is 0.0648. The molecule has 1 heterocycles. The van der Waals surface area contributed by atoms with Crippen molar-refractivity contribution in [1.29, 1.82) is 0 Å². The van der Waals surface area contributed by atoms with Gasteiger partial charge in [-0.1, -0.05) is 18.2 Å². The smallest absolute Gasteiger partial charge is 0.252 e. The van der Waals surface area contributed by atoms with E-state index in [9.17, 15) is 9.90 Å². The second-order valence-electron chi connectivity index (χ2n) is 5.42. The van der Waals surface area contributed by atoms with Gasteiger partial charge in [-0.3, -0.25) is 9.78 Å². The Hall–Kier alpha value is -1.94. The average molecular weight is 270 g/mol. The average Bonchev–Trinajstić information content (AvgIpc) is 2.90. The summed E-state index contributed by atoms with van der Waals surface area (Å²) in [5.41, 5.74) is 1.49. The van der Waals surface area contributed by atoms with E-state index >= 15 is 0 Å². The highest BCUT2D eigenvalue weighted by Crippen LogP contribution is 2.24. The van der Waals surface area contributed by atoms with Crippen LogP contribution in [0.1, 0.15) is 29.6 Å². The number of nitrogens with zero attached hydrogens (tertiary/aromatic N) is 1. The van der Waals surface area contributed by atoms with E-state index in [4.69, 9.17) is 0 Å². The molecule has 0 bridgehead atoms. The van der Waals surface area contributed by atoms with Gasteiger partial charge in [-0.25, -0.2) is 0 Å². The number of carbonyl (C=O) groups excluding carboxylic acids is 1. The maximum atomic E-state index is 12.3. The fourth-order valence-electron chi connectivity index (χ4n) is 2.86. The summed E-state index contributed by atoms with van der Waals surface area (Å²) in [4.78, 5) is 16.6. The highest BCUT2D eigenvalue weighted by Gasteiger charge is 2.23. The molecule has 2 aromatic rings. The monoisotopic (exact) mass is 270 g/mol. The van der Waals surface area contributed by atoms with Gasteiger partial charge in [0.1, 0.15) is 0 Å². The number of para-hydroxylation sites is 1. The van der Waals surface area contributed by atoms with Crippen molar-refractivity contribution in [3.63, 3.8) is 0 Å². The standard InChI is InChI=1S/C16H18N2O2/c19-12-6-5-11(9-12)10-18-16(20)14-7-8-17-15-4-2-1-3-13(14)15/h1-4,7-8,11-12,19H,5-6,9-10H2,(H,18,20). The number of aromatic nitrogens is 1. The molecule has 0 aliphatic heterocycles. The lowest BCUT2D eigenvalue weighted by molar-refractivity contribution is 0.0946. The summed E-state index contributed by atoms with van der Waals surface area (Å²) in [5, 5.41) is 13.4. The second-order valence-corrected chi connectivity index (χ2v) is 5.42. The second kappa shape index (κ2) is 5.59. The highest BCUT2D eigenvalue weighted by molar-refractivity contribution is 6.05. The van der Waals surface area contributed by atoms with Crippen molar-refractivity contribution >= 4 is 16.8 Å². The van der Waals surface area contributed by atoms with Crippen LogP contribution in [0.5, 0.6) is 0 Å². The molecule has 1 saturated carbocycles. The van der Waals surface area contributed by atoms with Crippen LogP contribution in [0, 0.1) is 5.92 Å². The zero-order valence-electron chi connectivity index (χ0n) is 11.2. The number of rotatable bonds is 3. The van der Waals surface area contributed by atoms with Gasteiger partial charge in [0, 0.05) is 18.1 Å². The summed E-state index contributed by atoms with van der Waals surface area (Å²) in [5.74, 6) is 0.326. The first kappa shape index (κ1) is 13.1. The van der Waals surface area contributed by atoms with Crippen LogP contribution in [0.2, 0.25) is 0 Å². The van der Waals surface area contributed by atoms with Crippen LogP contribution < -0.4 is 5.32 Å². The number of fused-ring (bicyclic) bond motifs is 1. The van der Waals surface area contributed by atoms with Gasteiger partial charge in [0.2, 0.25) is 0 Å². The fraction of sp³-hybridized carbons (Fsp3) is 0.375. The van der Waals surface area contributed by atoms with Gasteiger partial charge in [0.25, 0.3) is 5.91 Å². The summed E-state index contributed by atoms with van der Waals surface area (Å²) >= 11 is 0. The highest BCUT2D eigenvalue weighted by atomic mass is 16.3. The van der Waals surface area contributed by atoms with E-state index in [1.54, 1.807) is 12.3 Å². The van der Waals surface area contributed by atoms with E-state index in [1.807, 2.05) is 24.3 Å². The topological polar surface area (TPSA) is 62.2 Å². The molecule has 1 aliphatic carbocycles. The molecule has 1 aliphatic rings. The molecule has 4 nitrogen and oxygen atoms in total. The normalized spacial score (nSPS) is 22.1. The first-order chi connectivity index (χ1) is 9.74. The Bertz CT molecular complexity index is 621. The van der Waals surface area contributed by atoms with Crippen molar-refractivity contribution in [2.45, 2.75) is 25.4 Å². The summed E-state index contributed by atoms with van der Waals surface area (Å²) in [7, 11) is 0. The van der Waals surface area contributed by atoms with Gasteiger partial charge >= 0.3 is 0 Å².